The Morgan fingerprint density at radius 2 is 2.15 bits per heavy atom. The molecule has 0 aliphatic carbocycles. The summed E-state index contributed by atoms with van der Waals surface area (Å²) in [5.74, 6) is 0.632. The zero-order valence-corrected chi connectivity index (χ0v) is 8.17. The van der Waals surface area contributed by atoms with Crippen molar-refractivity contribution in [3.05, 3.63) is 23.2 Å². The Morgan fingerprint density at radius 1 is 1.38 bits per heavy atom. The predicted octanol–water partition coefficient (Wildman–Crippen LogP) is 1.95. The van der Waals surface area contributed by atoms with Gasteiger partial charge in [0.25, 0.3) is 0 Å². The second-order valence-electron chi connectivity index (χ2n) is 2.53. The Bertz CT molecular complexity index is 278. The maximum Gasteiger partial charge on any atom is 0.138 e. The highest BCUT2D eigenvalue weighted by Gasteiger charge is 2.00. The highest BCUT2D eigenvalue weighted by molar-refractivity contribution is 6.32. The second-order valence-corrected chi connectivity index (χ2v) is 2.94. The van der Waals surface area contributed by atoms with E-state index in [1.807, 2.05) is 0 Å². The first-order chi connectivity index (χ1) is 6.24. The van der Waals surface area contributed by atoms with E-state index in [0.717, 1.165) is 0 Å². The molecule has 0 saturated heterocycles. The number of methoxy groups -OCH3 is 1. The van der Waals surface area contributed by atoms with E-state index in [1.165, 1.54) is 0 Å². The molecule has 0 spiro atoms. The van der Waals surface area contributed by atoms with Crippen LogP contribution in [0.15, 0.2) is 18.2 Å². The van der Waals surface area contributed by atoms with Gasteiger partial charge in [0.05, 0.1) is 11.6 Å². The van der Waals surface area contributed by atoms with Crippen LogP contribution in [0.25, 0.3) is 0 Å². The van der Waals surface area contributed by atoms with Crippen LogP contribution in [-0.4, -0.2) is 20.3 Å². The monoisotopic (exact) mass is 201 g/mol. The first kappa shape index (κ1) is 10.2. The maximum atomic E-state index is 5.86. The van der Waals surface area contributed by atoms with Crippen molar-refractivity contribution in [2.24, 2.45) is 0 Å². The van der Waals surface area contributed by atoms with Crippen molar-refractivity contribution in [1.29, 1.82) is 0 Å². The lowest BCUT2D eigenvalue weighted by molar-refractivity contribution is 0.146. The van der Waals surface area contributed by atoms with Crippen molar-refractivity contribution < 1.29 is 9.47 Å². The van der Waals surface area contributed by atoms with E-state index < -0.39 is 0 Å². The zero-order chi connectivity index (χ0) is 9.68. The Balaban J connectivity index is 2.56. The Labute approximate surface area is 82.4 Å². The minimum Gasteiger partial charge on any atom is -0.490 e. The molecule has 3 nitrogen and oxygen atoms in total. The number of nitrogen functional groups attached to an aromatic ring is 1. The van der Waals surface area contributed by atoms with Crippen LogP contribution in [-0.2, 0) is 4.74 Å². The van der Waals surface area contributed by atoms with Crippen LogP contribution in [0.1, 0.15) is 0 Å². The molecule has 0 heterocycles. The van der Waals surface area contributed by atoms with E-state index in [0.29, 0.717) is 29.7 Å². The van der Waals surface area contributed by atoms with Gasteiger partial charge >= 0.3 is 0 Å². The van der Waals surface area contributed by atoms with Crippen LogP contribution in [0.5, 0.6) is 5.75 Å². The summed E-state index contributed by atoms with van der Waals surface area (Å²) >= 11 is 5.86. The molecule has 1 aromatic rings. The van der Waals surface area contributed by atoms with Gasteiger partial charge in [-0.05, 0) is 18.2 Å². The largest absolute Gasteiger partial charge is 0.490 e. The smallest absolute Gasteiger partial charge is 0.138 e. The lowest BCUT2D eigenvalue weighted by Gasteiger charge is -2.07. The third-order valence-electron chi connectivity index (χ3n) is 1.50. The van der Waals surface area contributed by atoms with Crippen molar-refractivity contribution in [2.75, 3.05) is 26.1 Å². The van der Waals surface area contributed by atoms with E-state index in [9.17, 15) is 0 Å². The van der Waals surface area contributed by atoms with Gasteiger partial charge in [0, 0.05) is 12.8 Å². The van der Waals surface area contributed by atoms with Gasteiger partial charge in [-0.2, -0.15) is 0 Å². The lowest BCUT2D eigenvalue weighted by atomic mass is 10.3. The molecule has 0 fully saturated rings. The SMILES string of the molecule is COCCOc1ccc(N)cc1Cl. The van der Waals surface area contributed by atoms with Gasteiger partial charge < -0.3 is 15.2 Å². The normalized spacial score (nSPS) is 10.0. The van der Waals surface area contributed by atoms with Gasteiger partial charge in [-0.15, -0.1) is 0 Å². The molecule has 4 heteroatoms. The van der Waals surface area contributed by atoms with Crippen LogP contribution >= 0.6 is 11.6 Å². The summed E-state index contributed by atoms with van der Waals surface area (Å²) < 4.78 is 10.2. The fraction of sp³-hybridized carbons (Fsp3) is 0.333. The van der Waals surface area contributed by atoms with E-state index in [2.05, 4.69) is 0 Å². The summed E-state index contributed by atoms with van der Waals surface area (Å²) in [6, 6.07) is 5.14. The van der Waals surface area contributed by atoms with Crippen LogP contribution < -0.4 is 10.5 Å². The molecule has 0 radical (unpaired) electrons. The zero-order valence-electron chi connectivity index (χ0n) is 7.42. The summed E-state index contributed by atoms with van der Waals surface area (Å²) in [6.07, 6.45) is 0. The Hall–Kier alpha value is -0.930. The molecule has 0 atom stereocenters. The molecule has 0 amide bonds. The van der Waals surface area contributed by atoms with E-state index in [4.69, 9.17) is 26.8 Å². The number of hydrogen-bond acceptors (Lipinski definition) is 3. The first-order valence-corrected chi connectivity index (χ1v) is 4.28. The van der Waals surface area contributed by atoms with E-state index in [1.54, 1.807) is 25.3 Å². The molecule has 0 saturated carbocycles. The van der Waals surface area contributed by atoms with E-state index >= 15 is 0 Å². The highest BCUT2D eigenvalue weighted by Crippen LogP contribution is 2.26. The van der Waals surface area contributed by atoms with Crippen LogP contribution in [0, 0.1) is 0 Å². The summed E-state index contributed by atoms with van der Waals surface area (Å²) in [6.45, 7) is 1.03. The number of ether oxygens (including phenoxy) is 2. The van der Waals surface area contributed by atoms with Crippen LogP contribution in [0.4, 0.5) is 5.69 Å². The Kier molecular flexibility index (Phi) is 3.86. The number of hydrogen-bond donors (Lipinski definition) is 1. The molecule has 0 aliphatic rings. The molecule has 0 aromatic heterocycles. The predicted molar refractivity (Wildman–Crippen MR) is 53.2 cm³/mol. The topological polar surface area (TPSA) is 44.5 Å². The van der Waals surface area contributed by atoms with Gasteiger partial charge in [-0.3, -0.25) is 0 Å². The highest BCUT2D eigenvalue weighted by atomic mass is 35.5. The molecule has 0 aliphatic heterocycles. The van der Waals surface area contributed by atoms with Crippen molar-refractivity contribution >= 4 is 17.3 Å². The summed E-state index contributed by atoms with van der Waals surface area (Å²) in [4.78, 5) is 0. The molecule has 0 unspecified atom stereocenters. The van der Waals surface area contributed by atoms with Gasteiger partial charge in [0.2, 0.25) is 0 Å². The summed E-state index contributed by atoms with van der Waals surface area (Å²) in [5.41, 5.74) is 6.15. The molecule has 2 N–H and O–H groups in total. The maximum absolute atomic E-state index is 5.86. The fourth-order valence-electron chi connectivity index (χ4n) is 0.869. The minimum atomic E-state index is 0.486. The molecule has 13 heavy (non-hydrogen) atoms. The molecule has 72 valence electrons. The molecule has 1 aromatic carbocycles. The van der Waals surface area contributed by atoms with Gasteiger partial charge in [-0.1, -0.05) is 11.6 Å². The standard InChI is InChI=1S/C9H12ClNO2/c1-12-4-5-13-9-3-2-7(11)6-8(9)10/h2-3,6H,4-5,11H2,1H3. The van der Waals surface area contributed by atoms with Gasteiger partial charge in [0.15, 0.2) is 0 Å². The van der Waals surface area contributed by atoms with Crippen molar-refractivity contribution in [2.45, 2.75) is 0 Å². The molecular weight excluding hydrogens is 190 g/mol. The number of rotatable bonds is 4. The quantitative estimate of drug-likeness (QED) is 0.598. The van der Waals surface area contributed by atoms with Crippen molar-refractivity contribution in [3.8, 4) is 5.75 Å². The number of nitrogens with two attached hydrogens (primary N) is 1. The van der Waals surface area contributed by atoms with Gasteiger partial charge in [-0.25, -0.2) is 0 Å². The van der Waals surface area contributed by atoms with Gasteiger partial charge in [0.1, 0.15) is 12.4 Å². The third-order valence-corrected chi connectivity index (χ3v) is 1.80. The average molecular weight is 202 g/mol. The van der Waals surface area contributed by atoms with Crippen molar-refractivity contribution in [1.82, 2.24) is 0 Å². The molecule has 1 rings (SSSR count). The third kappa shape index (κ3) is 3.13. The minimum absolute atomic E-state index is 0.486. The second kappa shape index (κ2) is 4.94. The lowest BCUT2D eigenvalue weighted by Crippen LogP contribution is -2.04. The van der Waals surface area contributed by atoms with E-state index in [-0.39, 0.29) is 0 Å². The van der Waals surface area contributed by atoms with Crippen molar-refractivity contribution in [3.63, 3.8) is 0 Å². The summed E-state index contributed by atoms with van der Waals surface area (Å²) in [5, 5.41) is 0.524. The van der Waals surface area contributed by atoms with Crippen LogP contribution in [0.3, 0.4) is 0 Å². The Morgan fingerprint density at radius 3 is 2.77 bits per heavy atom. The summed E-state index contributed by atoms with van der Waals surface area (Å²) in [7, 11) is 1.62. The number of halogens is 1. The first-order valence-electron chi connectivity index (χ1n) is 3.91. The molecule has 0 bridgehead atoms. The fourth-order valence-corrected chi connectivity index (χ4v) is 1.11. The van der Waals surface area contributed by atoms with Crippen LogP contribution in [0.2, 0.25) is 5.02 Å². The average Bonchev–Trinajstić information content (AvgIpc) is 2.09. The number of anilines is 1. The molecular formula is C9H12ClNO2. The number of benzene rings is 1.